The third-order valence-corrected chi connectivity index (χ3v) is 4.45. The zero-order chi connectivity index (χ0) is 11.2. The second-order valence-corrected chi connectivity index (χ2v) is 5.76. The quantitative estimate of drug-likeness (QED) is 0.805. The lowest BCUT2D eigenvalue weighted by Gasteiger charge is -2.12. The van der Waals surface area contributed by atoms with Gasteiger partial charge < -0.3 is 5.32 Å². The van der Waals surface area contributed by atoms with Crippen LogP contribution >= 0.6 is 11.8 Å². The summed E-state index contributed by atoms with van der Waals surface area (Å²) < 4.78 is 0. The van der Waals surface area contributed by atoms with Gasteiger partial charge in [-0.05, 0) is 57.3 Å². The Hall–Kier alpha value is -0.470. The summed E-state index contributed by atoms with van der Waals surface area (Å²) in [6, 6.07) is 8.90. The van der Waals surface area contributed by atoms with Gasteiger partial charge >= 0.3 is 0 Å². The summed E-state index contributed by atoms with van der Waals surface area (Å²) >= 11 is 2.02. The van der Waals surface area contributed by atoms with Crippen molar-refractivity contribution in [3.63, 3.8) is 0 Å². The topological polar surface area (TPSA) is 12.0 Å². The van der Waals surface area contributed by atoms with Crippen LogP contribution in [0.4, 0.5) is 0 Å². The summed E-state index contributed by atoms with van der Waals surface area (Å²) in [5.41, 5.74) is 1.35. The van der Waals surface area contributed by atoms with Crippen LogP contribution < -0.4 is 5.32 Å². The van der Waals surface area contributed by atoms with Gasteiger partial charge in [0.1, 0.15) is 0 Å². The second-order valence-electron chi connectivity index (χ2n) is 4.67. The minimum atomic E-state index is 0.904. The van der Waals surface area contributed by atoms with E-state index < -0.39 is 0 Å². The van der Waals surface area contributed by atoms with Crippen molar-refractivity contribution in [1.29, 1.82) is 0 Å². The lowest BCUT2D eigenvalue weighted by Crippen LogP contribution is -2.14. The smallest absolute Gasteiger partial charge is 0.00722 e. The molecule has 0 spiro atoms. The molecule has 0 saturated carbocycles. The van der Waals surface area contributed by atoms with Crippen LogP contribution in [0.3, 0.4) is 0 Å². The molecule has 16 heavy (non-hydrogen) atoms. The summed E-state index contributed by atoms with van der Waals surface area (Å²) in [5, 5.41) is 3.47. The molecule has 1 unspecified atom stereocenters. The minimum Gasteiger partial charge on any atom is -0.317 e. The van der Waals surface area contributed by atoms with E-state index in [1.807, 2.05) is 11.8 Å². The zero-order valence-electron chi connectivity index (χ0n) is 10.0. The van der Waals surface area contributed by atoms with Gasteiger partial charge in [0.2, 0.25) is 0 Å². The molecule has 1 heterocycles. The Morgan fingerprint density at radius 2 is 2.00 bits per heavy atom. The highest BCUT2D eigenvalue weighted by Gasteiger charge is 2.11. The van der Waals surface area contributed by atoms with Crippen molar-refractivity contribution in [1.82, 2.24) is 5.32 Å². The van der Waals surface area contributed by atoms with Gasteiger partial charge in [0.25, 0.3) is 0 Å². The van der Waals surface area contributed by atoms with Gasteiger partial charge in [-0.15, -0.1) is 11.8 Å². The Balaban J connectivity index is 1.79. The van der Waals surface area contributed by atoms with Crippen LogP contribution in [-0.2, 0) is 0 Å². The van der Waals surface area contributed by atoms with E-state index in [9.17, 15) is 0 Å². The molecule has 0 aliphatic carbocycles. The molecule has 1 aromatic rings. The standard InChI is InChI=1S/C14H21NS/c1-12-4-6-14(7-5-12)16-11-13-3-2-9-15-10-8-13/h4-7,13,15H,2-3,8-11H2,1H3. The summed E-state index contributed by atoms with van der Waals surface area (Å²) in [5.74, 6) is 2.19. The van der Waals surface area contributed by atoms with E-state index in [1.54, 1.807) is 0 Å². The molecular weight excluding hydrogens is 214 g/mol. The number of rotatable bonds is 3. The van der Waals surface area contributed by atoms with E-state index in [2.05, 4.69) is 36.5 Å². The molecule has 0 radical (unpaired) electrons. The highest BCUT2D eigenvalue weighted by molar-refractivity contribution is 7.99. The Morgan fingerprint density at radius 1 is 1.19 bits per heavy atom. The highest BCUT2D eigenvalue weighted by Crippen LogP contribution is 2.25. The van der Waals surface area contributed by atoms with E-state index >= 15 is 0 Å². The fourth-order valence-corrected chi connectivity index (χ4v) is 3.20. The van der Waals surface area contributed by atoms with Gasteiger partial charge in [-0.3, -0.25) is 0 Å². The predicted molar refractivity (Wildman–Crippen MR) is 72.1 cm³/mol. The van der Waals surface area contributed by atoms with E-state index in [4.69, 9.17) is 0 Å². The number of hydrogen-bond acceptors (Lipinski definition) is 2. The predicted octanol–water partition coefficient (Wildman–Crippen LogP) is 3.48. The molecule has 2 rings (SSSR count). The van der Waals surface area contributed by atoms with Crippen LogP contribution in [0.1, 0.15) is 24.8 Å². The summed E-state index contributed by atoms with van der Waals surface area (Å²) in [7, 11) is 0. The zero-order valence-corrected chi connectivity index (χ0v) is 10.9. The fraction of sp³-hybridized carbons (Fsp3) is 0.571. The highest BCUT2D eigenvalue weighted by atomic mass is 32.2. The number of benzene rings is 1. The third kappa shape index (κ3) is 3.84. The SMILES string of the molecule is Cc1ccc(SCC2CCCNCC2)cc1. The molecule has 0 aromatic heterocycles. The molecule has 1 aliphatic rings. The molecule has 1 nitrogen and oxygen atoms in total. The molecule has 1 atom stereocenters. The number of aryl methyl sites for hydroxylation is 1. The largest absolute Gasteiger partial charge is 0.317 e. The molecular formula is C14H21NS. The van der Waals surface area contributed by atoms with Crippen LogP contribution in [0.15, 0.2) is 29.2 Å². The van der Waals surface area contributed by atoms with E-state index in [0.29, 0.717) is 0 Å². The number of hydrogen-bond donors (Lipinski definition) is 1. The number of thioether (sulfide) groups is 1. The molecule has 0 amide bonds. The van der Waals surface area contributed by atoms with Gasteiger partial charge in [-0.2, -0.15) is 0 Å². The molecule has 0 bridgehead atoms. The summed E-state index contributed by atoms with van der Waals surface area (Å²) in [6.07, 6.45) is 4.09. The Morgan fingerprint density at radius 3 is 2.81 bits per heavy atom. The van der Waals surface area contributed by atoms with Crippen molar-refractivity contribution in [2.24, 2.45) is 5.92 Å². The lowest BCUT2D eigenvalue weighted by molar-refractivity contribution is 0.528. The number of nitrogens with one attached hydrogen (secondary N) is 1. The van der Waals surface area contributed by atoms with Crippen LogP contribution in [0, 0.1) is 12.8 Å². The lowest BCUT2D eigenvalue weighted by atomic mass is 10.0. The van der Waals surface area contributed by atoms with Gasteiger partial charge in [0.15, 0.2) is 0 Å². The molecule has 1 aromatic carbocycles. The van der Waals surface area contributed by atoms with Crippen LogP contribution in [-0.4, -0.2) is 18.8 Å². The van der Waals surface area contributed by atoms with Gasteiger partial charge in [0, 0.05) is 10.6 Å². The first-order valence-electron chi connectivity index (χ1n) is 6.25. The van der Waals surface area contributed by atoms with Crippen molar-refractivity contribution in [3.05, 3.63) is 29.8 Å². The molecule has 1 saturated heterocycles. The maximum atomic E-state index is 3.47. The van der Waals surface area contributed by atoms with Gasteiger partial charge in [-0.1, -0.05) is 17.7 Å². The first-order valence-corrected chi connectivity index (χ1v) is 7.23. The average Bonchev–Trinajstić information content (AvgIpc) is 2.57. The van der Waals surface area contributed by atoms with E-state index in [-0.39, 0.29) is 0 Å². The first-order chi connectivity index (χ1) is 7.84. The normalized spacial score (nSPS) is 21.7. The van der Waals surface area contributed by atoms with Gasteiger partial charge in [-0.25, -0.2) is 0 Å². The molecule has 2 heteroatoms. The maximum Gasteiger partial charge on any atom is 0.00722 e. The van der Waals surface area contributed by atoms with Crippen molar-refractivity contribution < 1.29 is 0 Å². The van der Waals surface area contributed by atoms with Crippen molar-refractivity contribution in [2.45, 2.75) is 31.1 Å². The third-order valence-electron chi connectivity index (χ3n) is 3.20. The minimum absolute atomic E-state index is 0.904. The molecule has 1 aliphatic heterocycles. The molecule has 88 valence electrons. The van der Waals surface area contributed by atoms with Crippen LogP contribution in [0.5, 0.6) is 0 Å². The molecule has 1 N–H and O–H groups in total. The maximum absolute atomic E-state index is 3.47. The van der Waals surface area contributed by atoms with Crippen molar-refractivity contribution in [3.8, 4) is 0 Å². The van der Waals surface area contributed by atoms with Crippen molar-refractivity contribution in [2.75, 3.05) is 18.8 Å². The summed E-state index contributed by atoms with van der Waals surface area (Å²) in [6.45, 7) is 4.57. The van der Waals surface area contributed by atoms with E-state index in [1.165, 1.54) is 48.6 Å². The first kappa shape index (κ1) is 12.0. The Kier molecular flexibility index (Phi) is 4.73. The fourth-order valence-electron chi connectivity index (χ4n) is 2.11. The Labute approximate surface area is 103 Å². The summed E-state index contributed by atoms with van der Waals surface area (Å²) in [4.78, 5) is 1.42. The van der Waals surface area contributed by atoms with Crippen LogP contribution in [0.25, 0.3) is 0 Å². The molecule has 1 fully saturated rings. The second kappa shape index (κ2) is 6.31. The Bertz CT molecular complexity index is 299. The van der Waals surface area contributed by atoms with E-state index in [0.717, 1.165) is 5.92 Å². The monoisotopic (exact) mass is 235 g/mol. The van der Waals surface area contributed by atoms with Gasteiger partial charge in [0.05, 0.1) is 0 Å². The van der Waals surface area contributed by atoms with Crippen LogP contribution in [0.2, 0.25) is 0 Å². The average molecular weight is 235 g/mol. The van der Waals surface area contributed by atoms with Crippen molar-refractivity contribution >= 4 is 11.8 Å².